The molecule has 0 aliphatic rings. The van der Waals surface area contributed by atoms with Gasteiger partial charge in [0, 0.05) is 39.2 Å². The number of carbonyl (C=O) groups is 1. The smallest absolute Gasteiger partial charge is 0.241 e. The molecule has 0 saturated carbocycles. The molecule has 5 heteroatoms. The maximum atomic E-state index is 11.8. The van der Waals surface area contributed by atoms with Gasteiger partial charge in [-0.3, -0.25) is 4.79 Å². The van der Waals surface area contributed by atoms with Gasteiger partial charge in [-0.05, 0) is 24.6 Å². The van der Waals surface area contributed by atoms with Crippen molar-refractivity contribution in [2.75, 3.05) is 38.0 Å². The van der Waals surface area contributed by atoms with Crippen molar-refractivity contribution in [1.82, 2.24) is 0 Å². The summed E-state index contributed by atoms with van der Waals surface area (Å²) in [6.45, 7) is 0.478. The number of rotatable bonds is 6. The van der Waals surface area contributed by atoms with E-state index in [2.05, 4.69) is 5.32 Å². The summed E-state index contributed by atoms with van der Waals surface area (Å²) < 4.78 is 4.90. The first-order valence-corrected chi connectivity index (χ1v) is 5.87. The molecule has 100 valence electrons. The van der Waals surface area contributed by atoms with E-state index in [-0.39, 0.29) is 5.91 Å². The number of benzene rings is 1. The molecule has 0 saturated heterocycles. The van der Waals surface area contributed by atoms with E-state index < -0.39 is 6.04 Å². The van der Waals surface area contributed by atoms with Gasteiger partial charge in [-0.1, -0.05) is 6.07 Å². The molecule has 1 unspecified atom stereocenters. The highest BCUT2D eigenvalue weighted by Gasteiger charge is 2.13. The van der Waals surface area contributed by atoms with Gasteiger partial charge in [0.2, 0.25) is 5.91 Å². The standard InChI is InChI=1S/C13H21N3O2/c1-16(2)11-6-4-5-10(9-11)15-13(17)12(14)7-8-18-3/h4-6,9,12H,7-8,14H2,1-3H3,(H,15,17). The fraction of sp³-hybridized carbons (Fsp3) is 0.462. The Morgan fingerprint density at radius 2 is 2.22 bits per heavy atom. The van der Waals surface area contributed by atoms with E-state index in [0.29, 0.717) is 13.0 Å². The van der Waals surface area contributed by atoms with Crippen molar-refractivity contribution in [3.63, 3.8) is 0 Å². The molecule has 1 aromatic carbocycles. The highest BCUT2D eigenvalue weighted by Crippen LogP contribution is 2.17. The molecule has 0 aromatic heterocycles. The molecule has 1 rings (SSSR count). The van der Waals surface area contributed by atoms with Crippen LogP contribution >= 0.6 is 0 Å². The lowest BCUT2D eigenvalue weighted by atomic mass is 10.2. The Morgan fingerprint density at radius 3 is 2.83 bits per heavy atom. The van der Waals surface area contributed by atoms with E-state index in [1.54, 1.807) is 7.11 Å². The van der Waals surface area contributed by atoms with Gasteiger partial charge in [0.05, 0.1) is 6.04 Å². The van der Waals surface area contributed by atoms with Gasteiger partial charge in [-0.25, -0.2) is 0 Å². The third kappa shape index (κ3) is 4.35. The lowest BCUT2D eigenvalue weighted by Crippen LogP contribution is -2.36. The number of hydrogen-bond acceptors (Lipinski definition) is 4. The van der Waals surface area contributed by atoms with Crippen LogP contribution in [0, 0.1) is 0 Å². The van der Waals surface area contributed by atoms with Crippen molar-refractivity contribution in [1.29, 1.82) is 0 Å². The van der Waals surface area contributed by atoms with Crippen LogP contribution in [0.5, 0.6) is 0 Å². The van der Waals surface area contributed by atoms with Crippen LogP contribution in [-0.4, -0.2) is 39.8 Å². The number of nitrogens with zero attached hydrogens (tertiary/aromatic N) is 1. The second kappa shape index (κ2) is 6.98. The highest BCUT2D eigenvalue weighted by molar-refractivity contribution is 5.95. The van der Waals surface area contributed by atoms with Crippen LogP contribution < -0.4 is 16.0 Å². The zero-order valence-electron chi connectivity index (χ0n) is 11.1. The van der Waals surface area contributed by atoms with E-state index in [1.165, 1.54) is 0 Å². The minimum Gasteiger partial charge on any atom is -0.385 e. The van der Waals surface area contributed by atoms with Crippen LogP contribution in [0.3, 0.4) is 0 Å². The lowest BCUT2D eigenvalue weighted by Gasteiger charge is -2.15. The van der Waals surface area contributed by atoms with Gasteiger partial charge in [0.25, 0.3) is 0 Å². The summed E-state index contributed by atoms with van der Waals surface area (Å²) in [4.78, 5) is 13.8. The predicted octanol–water partition coefficient (Wildman–Crippen LogP) is 1.05. The Bertz CT molecular complexity index is 394. The molecule has 18 heavy (non-hydrogen) atoms. The molecule has 0 radical (unpaired) electrons. The Morgan fingerprint density at radius 1 is 1.50 bits per heavy atom. The van der Waals surface area contributed by atoms with E-state index in [0.717, 1.165) is 11.4 Å². The Labute approximate surface area is 108 Å². The van der Waals surface area contributed by atoms with Crippen molar-refractivity contribution in [3.8, 4) is 0 Å². The number of ether oxygens (including phenoxy) is 1. The molecule has 0 fully saturated rings. The largest absolute Gasteiger partial charge is 0.385 e. The molecule has 0 aliphatic heterocycles. The second-order valence-corrected chi connectivity index (χ2v) is 4.32. The monoisotopic (exact) mass is 251 g/mol. The molecule has 3 N–H and O–H groups in total. The summed E-state index contributed by atoms with van der Waals surface area (Å²) in [5, 5.41) is 2.80. The maximum absolute atomic E-state index is 11.8. The Kier molecular flexibility index (Phi) is 5.61. The summed E-state index contributed by atoms with van der Waals surface area (Å²) in [5.41, 5.74) is 7.52. The van der Waals surface area contributed by atoms with Gasteiger partial charge >= 0.3 is 0 Å². The minimum atomic E-state index is -0.548. The molecule has 1 amide bonds. The van der Waals surface area contributed by atoms with Crippen LogP contribution in [0.15, 0.2) is 24.3 Å². The fourth-order valence-electron chi connectivity index (χ4n) is 1.47. The van der Waals surface area contributed by atoms with Crippen LogP contribution in [0.4, 0.5) is 11.4 Å². The quantitative estimate of drug-likeness (QED) is 0.793. The second-order valence-electron chi connectivity index (χ2n) is 4.32. The maximum Gasteiger partial charge on any atom is 0.241 e. The number of carbonyl (C=O) groups excluding carboxylic acids is 1. The van der Waals surface area contributed by atoms with Crippen LogP contribution in [-0.2, 0) is 9.53 Å². The predicted molar refractivity (Wildman–Crippen MR) is 73.9 cm³/mol. The van der Waals surface area contributed by atoms with E-state index in [4.69, 9.17) is 10.5 Å². The highest BCUT2D eigenvalue weighted by atomic mass is 16.5. The van der Waals surface area contributed by atoms with Gasteiger partial charge in [-0.15, -0.1) is 0 Å². The zero-order chi connectivity index (χ0) is 13.5. The average Bonchev–Trinajstić information content (AvgIpc) is 2.36. The molecule has 1 atom stereocenters. The van der Waals surface area contributed by atoms with Gasteiger partial charge in [-0.2, -0.15) is 0 Å². The molecular formula is C13H21N3O2. The molecule has 0 aliphatic carbocycles. The van der Waals surface area contributed by atoms with Crippen LogP contribution in [0.2, 0.25) is 0 Å². The third-order valence-electron chi connectivity index (χ3n) is 2.60. The number of methoxy groups -OCH3 is 1. The summed E-state index contributed by atoms with van der Waals surface area (Å²) in [6.07, 6.45) is 0.510. The van der Waals surface area contributed by atoms with Crippen molar-refractivity contribution in [2.24, 2.45) is 5.73 Å². The Balaban J connectivity index is 2.61. The van der Waals surface area contributed by atoms with E-state index >= 15 is 0 Å². The Hall–Kier alpha value is -1.59. The number of nitrogens with one attached hydrogen (secondary N) is 1. The van der Waals surface area contributed by atoms with Crippen molar-refractivity contribution < 1.29 is 9.53 Å². The summed E-state index contributed by atoms with van der Waals surface area (Å²) in [7, 11) is 5.49. The van der Waals surface area contributed by atoms with Crippen molar-refractivity contribution in [3.05, 3.63) is 24.3 Å². The van der Waals surface area contributed by atoms with Gasteiger partial charge in [0.1, 0.15) is 0 Å². The number of amides is 1. The summed E-state index contributed by atoms with van der Waals surface area (Å²) in [5.74, 6) is -0.192. The van der Waals surface area contributed by atoms with Crippen LogP contribution in [0.1, 0.15) is 6.42 Å². The van der Waals surface area contributed by atoms with Gasteiger partial charge < -0.3 is 20.7 Å². The summed E-state index contributed by atoms with van der Waals surface area (Å²) in [6, 6.07) is 7.06. The third-order valence-corrected chi connectivity index (χ3v) is 2.60. The first kappa shape index (κ1) is 14.5. The fourth-order valence-corrected chi connectivity index (χ4v) is 1.47. The molecule has 1 aromatic rings. The molecule has 0 heterocycles. The normalized spacial score (nSPS) is 12.0. The van der Waals surface area contributed by atoms with E-state index in [1.807, 2.05) is 43.3 Å². The minimum absolute atomic E-state index is 0.192. The van der Waals surface area contributed by atoms with Crippen LogP contribution in [0.25, 0.3) is 0 Å². The molecular weight excluding hydrogens is 230 g/mol. The topological polar surface area (TPSA) is 67.6 Å². The number of anilines is 2. The average molecular weight is 251 g/mol. The number of hydrogen-bond donors (Lipinski definition) is 2. The molecule has 5 nitrogen and oxygen atoms in total. The number of nitrogens with two attached hydrogens (primary N) is 1. The molecule has 0 bridgehead atoms. The summed E-state index contributed by atoms with van der Waals surface area (Å²) >= 11 is 0. The van der Waals surface area contributed by atoms with Crippen molar-refractivity contribution in [2.45, 2.75) is 12.5 Å². The SMILES string of the molecule is COCCC(N)C(=O)Nc1cccc(N(C)C)c1. The first-order valence-electron chi connectivity index (χ1n) is 5.87. The zero-order valence-corrected chi connectivity index (χ0v) is 11.1. The van der Waals surface area contributed by atoms with Gasteiger partial charge in [0.15, 0.2) is 0 Å². The van der Waals surface area contributed by atoms with E-state index in [9.17, 15) is 4.79 Å². The first-order chi connectivity index (χ1) is 8.54. The molecule has 0 spiro atoms. The lowest BCUT2D eigenvalue weighted by molar-refractivity contribution is -0.117. The van der Waals surface area contributed by atoms with Crippen molar-refractivity contribution >= 4 is 17.3 Å².